The van der Waals surface area contributed by atoms with Crippen molar-refractivity contribution in [2.75, 3.05) is 18.4 Å². The van der Waals surface area contributed by atoms with Gasteiger partial charge in [-0.2, -0.15) is 0 Å². The summed E-state index contributed by atoms with van der Waals surface area (Å²) in [6, 6.07) is 6.26. The molecule has 1 aromatic rings. The molecule has 116 valence electrons. The number of hydrogen-bond donors (Lipinski definition) is 2. The third-order valence-electron chi connectivity index (χ3n) is 4.88. The Balaban J connectivity index is 2.27. The Morgan fingerprint density at radius 1 is 1.33 bits per heavy atom. The summed E-state index contributed by atoms with van der Waals surface area (Å²) in [5, 5.41) is 6.61. The van der Waals surface area contributed by atoms with E-state index in [9.17, 15) is 4.79 Å². The fraction of sp³-hybridized carbons (Fsp3) is 0.611. The smallest absolute Gasteiger partial charge is 0.230 e. The highest BCUT2D eigenvalue weighted by atomic mass is 16.2. The van der Waals surface area contributed by atoms with Gasteiger partial charge < -0.3 is 10.6 Å². The monoisotopic (exact) mass is 288 g/mol. The van der Waals surface area contributed by atoms with Crippen LogP contribution in [0.1, 0.15) is 57.1 Å². The van der Waals surface area contributed by atoms with Crippen molar-refractivity contribution in [2.24, 2.45) is 5.41 Å². The molecule has 21 heavy (non-hydrogen) atoms. The molecule has 2 N–H and O–H groups in total. The molecular formula is C18H28N2O. The molecule has 3 nitrogen and oxygen atoms in total. The van der Waals surface area contributed by atoms with Crippen LogP contribution in [-0.4, -0.2) is 19.0 Å². The molecule has 1 heterocycles. The van der Waals surface area contributed by atoms with Crippen molar-refractivity contribution in [1.29, 1.82) is 0 Å². The molecule has 1 aliphatic heterocycles. The molecule has 0 unspecified atom stereocenters. The average Bonchev–Trinajstić information content (AvgIpc) is 2.49. The van der Waals surface area contributed by atoms with Crippen LogP contribution >= 0.6 is 0 Å². The lowest BCUT2D eigenvalue weighted by molar-refractivity contribution is -0.127. The van der Waals surface area contributed by atoms with Crippen molar-refractivity contribution < 1.29 is 4.79 Å². The Labute approximate surface area is 128 Å². The van der Waals surface area contributed by atoms with Crippen molar-refractivity contribution in [3.05, 3.63) is 29.3 Å². The molecule has 0 atom stereocenters. The number of benzene rings is 1. The van der Waals surface area contributed by atoms with Crippen LogP contribution in [0.2, 0.25) is 0 Å². The first-order valence-electron chi connectivity index (χ1n) is 8.12. The number of para-hydroxylation sites is 1. The maximum Gasteiger partial charge on any atom is 0.230 e. The summed E-state index contributed by atoms with van der Waals surface area (Å²) in [6.07, 6.45) is 2.76. The quantitative estimate of drug-likeness (QED) is 0.884. The first-order valence-corrected chi connectivity index (χ1v) is 8.12. The number of rotatable bonds is 4. The molecule has 1 fully saturated rings. The third kappa shape index (κ3) is 3.29. The molecule has 0 bridgehead atoms. The molecule has 1 aromatic carbocycles. The van der Waals surface area contributed by atoms with Crippen LogP contribution in [0, 0.1) is 12.3 Å². The van der Waals surface area contributed by atoms with Gasteiger partial charge in [0.15, 0.2) is 0 Å². The van der Waals surface area contributed by atoms with E-state index in [4.69, 9.17) is 0 Å². The predicted molar refractivity (Wildman–Crippen MR) is 88.7 cm³/mol. The van der Waals surface area contributed by atoms with Crippen molar-refractivity contribution in [3.63, 3.8) is 0 Å². The highest BCUT2D eigenvalue weighted by Crippen LogP contribution is 2.35. The summed E-state index contributed by atoms with van der Waals surface area (Å²) in [5.41, 5.74) is 3.18. The van der Waals surface area contributed by atoms with E-state index in [2.05, 4.69) is 56.5 Å². The van der Waals surface area contributed by atoms with Crippen LogP contribution in [0.3, 0.4) is 0 Å². The second-order valence-corrected chi connectivity index (χ2v) is 6.53. The molecule has 2 rings (SSSR count). The molecule has 3 heteroatoms. The van der Waals surface area contributed by atoms with Gasteiger partial charge >= 0.3 is 0 Å². The van der Waals surface area contributed by atoms with E-state index in [0.717, 1.165) is 43.6 Å². The van der Waals surface area contributed by atoms with E-state index in [0.29, 0.717) is 5.92 Å². The van der Waals surface area contributed by atoms with Gasteiger partial charge in [-0.1, -0.05) is 39.0 Å². The minimum absolute atomic E-state index is 0.197. The molecule has 0 saturated carbocycles. The Morgan fingerprint density at radius 2 is 2.00 bits per heavy atom. The van der Waals surface area contributed by atoms with Gasteiger partial charge in [-0.3, -0.25) is 4.79 Å². The number of anilines is 1. The van der Waals surface area contributed by atoms with Gasteiger partial charge in [0.1, 0.15) is 0 Å². The average molecular weight is 288 g/mol. The Kier molecular flexibility index (Phi) is 5.04. The molecule has 1 saturated heterocycles. The second-order valence-electron chi connectivity index (χ2n) is 6.53. The van der Waals surface area contributed by atoms with E-state index >= 15 is 0 Å². The number of carbonyl (C=O) groups excluding carboxylic acids is 1. The van der Waals surface area contributed by atoms with Gasteiger partial charge in [0.2, 0.25) is 5.91 Å². The van der Waals surface area contributed by atoms with E-state index in [-0.39, 0.29) is 11.3 Å². The number of aryl methyl sites for hydroxylation is 1. The minimum Gasteiger partial charge on any atom is -0.325 e. The van der Waals surface area contributed by atoms with Crippen LogP contribution in [-0.2, 0) is 4.79 Å². The van der Waals surface area contributed by atoms with Crippen molar-refractivity contribution in [3.8, 4) is 0 Å². The molecule has 0 radical (unpaired) electrons. The lowest BCUT2D eigenvalue weighted by Crippen LogP contribution is -2.44. The Morgan fingerprint density at radius 3 is 2.57 bits per heavy atom. The minimum atomic E-state index is -0.207. The van der Waals surface area contributed by atoms with Crippen LogP contribution in [0.15, 0.2) is 18.2 Å². The zero-order chi connectivity index (χ0) is 15.5. The van der Waals surface area contributed by atoms with Crippen molar-refractivity contribution in [2.45, 2.75) is 52.9 Å². The third-order valence-corrected chi connectivity index (χ3v) is 4.88. The summed E-state index contributed by atoms with van der Waals surface area (Å²) >= 11 is 0. The first-order chi connectivity index (χ1) is 10.00. The second kappa shape index (κ2) is 6.61. The molecule has 0 aromatic heterocycles. The molecule has 1 aliphatic rings. The molecular weight excluding hydrogens is 260 g/mol. The first kappa shape index (κ1) is 16.0. The lowest BCUT2D eigenvalue weighted by atomic mass is 9.75. The van der Waals surface area contributed by atoms with Crippen molar-refractivity contribution >= 4 is 11.6 Å². The zero-order valence-electron chi connectivity index (χ0n) is 13.8. The van der Waals surface area contributed by atoms with Crippen LogP contribution in [0.25, 0.3) is 0 Å². The SMILES string of the molecule is CCC1(C(=O)Nc2c(C)cccc2C(C)C)CCNCC1. The van der Waals surface area contributed by atoms with Gasteiger partial charge in [0.25, 0.3) is 0 Å². The summed E-state index contributed by atoms with van der Waals surface area (Å²) in [7, 11) is 0. The van der Waals surface area contributed by atoms with E-state index in [1.54, 1.807) is 0 Å². The highest BCUT2D eigenvalue weighted by Gasteiger charge is 2.38. The number of nitrogens with one attached hydrogen (secondary N) is 2. The lowest BCUT2D eigenvalue weighted by Gasteiger charge is -2.35. The van der Waals surface area contributed by atoms with Crippen LogP contribution in [0.4, 0.5) is 5.69 Å². The number of amides is 1. The molecule has 1 amide bonds. The maximum atomic E-state index is 12.9. The van der Waals surface area contributed by atoms with E-state index in [1.165, 1.54) is 5.56 Å². The Hall–Kier alpha value is -1.35. The largest absolute Gasteiger partial charge is 0.325 e. The van der Waals surface area contributed by atoms with Gasteiger partial charge in [-0.05, 0) is 56.3 Å². The van der Waals surface area contributed by atoms with Gasteiger partial charge in [-0.25, -0.2) is 0 Å². The fourth-order valence-electron chi connectivity index (χ4n) is 3.23. The maximum absolute atomic E-state index is 12.9. The standard InChI is InChI=1S/C18H28N2O/c1-5-18(9-11-19-12-10-18)17(21)20-16-14(4)7-6-8-15(16)13(2)3/h6-8,13,19H,5,9-12H2,1-4H3,(H,20,21). The van der Waals surface area contributed by atoms with E-state index < -0.39 is 0 Å². The Bertz CT molecular complexity index is 502. The summed E-state index contributed by atoms with van der Waals surface area (Å²) in [6.45, 7) is 10.4. The summed E-state index contributed by atoms with van der Waals surface area (Å²) in [5.74, 6) is 0.605. The highest BCUT2D eigenvalue weighted by molar-refractivity contribution is 5.96. The number of piperidine rings is 1. The van der Waals surface area contributed by atoms with Gasteiger partial charge in [-0.15, -0.1) is 0 Å². The molecule has 0 spiro atoms. The van der Waals surface area contributed by atoms with Crippen molar-refractivity contribution in [1.82, 2.24) is 5.32 Å². The number of hydrogen-bond acceptors (Lipinski definition) is 2. The van der Waals surface area contributed by atoms with E-state index in [1.807, 2.05) is 0 Å². The summed E-state index contributed by atoms with van der Waals surface area (Å²) < 4.78 is 0. The molecule has 0 aliphatic carbocycles. The van der Waals surface area contributed by atoms with Gasteiger partial charge in [0, 0.05) is 5.69 Å². The normalized spacial score (nSPS) is 17.8. The number of carbonyl (C=O) groups is 1. The fourth-order valence-corrected chi connectivity index (χ4v) is 3.23. The summed E-state index contributed by atoms with van der Waals surface area (Å²) in [4.78, 5) is 12.9. The topological polar surface area (TPSA) is 41.1 Å². The van der Waals surface area contributed by atoms with Gasteiger partial charge in [0.05, 0.1) is 5.41 Å². The zero-order valence-corrected chi connectivity index (χ0v) is 13.8. The predicted octanol–water partition coefficient (Wildman–Crippen LogP) is 3.84. The van der Waals surface area contributed by atoms with Crippen LogP contribution < -0.4 is 10.6 Å². The van der Waals surface area contributed by atoms with Crippen LogP contribution in [0.5, 0.6) is 0 Å².